The summed E-state index contributed by atoms with van der Waals surface area (Å²) in [4.78, 5) is 6.38. The van der Waals surface area contributed by atoms with Crippen LogP contribution in [0, 0.1) is 6.92 Å². The number of halogens is 1. The van der Waals surface area contributed by atoms with E-state index in [4.69, 9.17) is 17.3 Å². The van der Waals surface area contributed by atoms with E-state index in [1.54, 1.807) is 0 Å². The lowest BCUT2D eigenvalue weighted by molar-refractivity contribution is 0.768. The second-order valence-electron chi connectivity index (χ2n) is 4.95. The van der Waals surface area contributed by atoms with Gasteiger partial charge in [0.1, 0.15) is 0 Å². The monoisotopic (exact) mass is 285 g/mol. The van der Waals surface area contributed by atoms with Crippen LogP contribution in [0.15, 0.2) is 53.5 Å². The molecule has 0 aliphatic carbocycles. The van der Waals surface area contributed by atoms with Gasteiger partial charge < -0.3 is 10.6 Å². The van der Waals surface area contributed by atoms with Gasteiger partial charge in [-0.3, -0.25) is 4.99 Å². The minimum Gasteiger partial charge on any atom is -0.369 e. The van der Waals surface area contributed by atoms with Gasteiger partial charge in [-0.1, -0.05) is 53.6 Å². The molecule has 1 unspecified atom stereocenters. The van der Waals surface area contributed by atoms with Crippen LogP contribution in [-0.2, 0) is 0 Å². The second kappa shape index (κ2) is 5.17. The number of para-hydroxylation sites is 1. The van der Waals surface area contributed by atoms with Crippen molar-refractivity contribution < 1.29 is 0 Å². The molecule has 2 aromatic rings. The zero-order valence-electron chi connectivity index (χ0n) is 11.3. The van der Waals surface area contributed by atoms with Gasteiger partial charge >= 0.3 is 0 Å². The molecular formula is C16H16ClN3. The van der Waals surface area contributed by atoms with Crippen molar-refractivity contribution in [3.8, 4) is 0 Å². The Kier molecular flexibility index (Phi) is 3.36. The number of nitrogens with zero attached hydrogens (tertiary/aromatic N) is 2. The molecule has 0 saturated heterocycles. The number of guanidine groups is 1. The molecular weight excluding hydrogens is 270 g/mol. The lowest BCUT2D eigenvalue weighted by Gasteiger charge is -2.27. The van der Waals surface area contributed by atoms with E-state index in [0.29, 0.717) is 17.5 Å². The van der Waals surface area contributed by atoms with Crippen molar-refractivity contribution in [2.24, 2.45) is 10.7 Å². The van der Waals surface area contributed by atoms with Gasteiger partial charge in [0.05, 0.1) is 23.3 Å². The zero-order chi connectivity index (χ0) is 14.1. The summed E-state index contributed by atoms with van der Waals surface area (Å²) in [5.41, 5.74) is 9.39. The highest BCUT2D eigenvalue weighted by Gasteiger charge is 2.29. The number of aliphatic imine (C=N–C) groups is 1. The summed E-state index contributed by atoms with van der Waals surface area (Å²) < 4.78 is 0. The number of benzene rings is 2. The molecule has 0 spiro atoms. The fraction of sp³-hybridized carbons (Fsp3) is 0.188. The number of hydrogen-bond donors (Lipinski definition) is 1. The number of aryl methyl sites for hydroxylation is 1. The third-order valence-corrected chi connectivity index (χ3v) is 3.88. The first-order valence-corrected chi connectivity index (χ1v) is 6.95. The summed E-state index contributed by atoms with van der Waals surface area (Å²) in [6.07, 6.45) is 0. The molecule has 0 fully saturated rings. The predicted octanol–water partition coefficient (Wildman–Crippen LogP) is 3.52. The molecule has 0 amide bonds. The molecule has 1 atom stereocenters. The largest absolute Gasteiger partial charge is 0.369 e. The maximum Gasteiger partial charge on any atom is 0.196 e. The van der Waals surface area contributed by atoms with Crippen LogP contribution < -0.4 is 10.6 Å². The zero-order valence-corrected chi connectivity index (χ0v) is 12.0. The molecule has 1 heterocycles. The molecule has 102 valence electrons. The Balaban J connectivity index is 2.01. The summed E-state index contributed by atoms with van der Waals surface area (Å²) in [5, 5.41) is 0.685. The lowest BCUT2D eigenvalue weighted by atomic mass is 10.0. The van der Waals surface area contributed by atoms with Crippen LogP contribution in [0.4, 0.5) is 5.69 Å². The maximum absolute atomic E-state index is 6.30. The standard InChI is InChI=1S/C16H16ClN3/c1-11-6-8-12(9-7-11)15-10-19-16(18)20(15)14-5-3-2-4-13(14)17/h2-9,15H,10H2,1H3,(H2,18,19). The fourth-order valence-corrected chi connectivity index (χ4v) is 2.71. The highest BCUT2D eigenvalue weighted by atomic mass is 35.5. The number of nitrogens with two attached hydrogens (primary N) is 1. The molecule has 20 heavy (non-hydrogen) atoms. The first kappa shape index (κ1) is 13.0. The van der Waals surface area contributed by atoms with E-state index in [1.807, 2.05) is 29.2 Å². The van der Waals surface area contributed by atoms with Crippen LogP contribution in [-0.4, -0.2) is 12.5 Å². The number of anilines is 1. The van der Waals surface area contributed by atoms with Crippen molar-refractivity contribution >= 4 is 23.2 Å². The van der Waals surface area contributed by atoms with Gasteiger partial charge in [0, 0.05) is 0 Å². The summed E-state index contributed by atoms with van der Waals surface area (Å²) in [7, 11) is 0. The second-order valence-corrected chi connectivity index (χ2v) is 5.35. The van der Waals surface area contributed by atoms with Gasteiger partial charge in [0.25, 0.3) is 0 Å². The maximum atomic E-state index is 6.30. The summed E-state index contributed by atoms with van der Waals surface area (Å²) in [5.74, 6) is 0.517. The van der Waals surface area contributed by atoms with Crippen molar-refractivity contribution in [3.63, 3.8) is 0 Å². The molecule has 2 N–H and O–H groups in total. The Bertz CT molecular complexity index is 649. The summed E-state index contributed by atoms with van der Waals surface area (Å²) >= 11 is 6.30. The first-order valence-electron chi connectivity index (χ1n) is 6.57. The first-order chi connectivity index (χ1) is 9.66. The van der Waals surface area contributed by atoms with Gasteiger partial charge in [0.2, 0.25) is 0 Å². The van der Waals surface area contributed by atoms with E-state index in [-0.39, 0.29) is 6.04 Å². The molecule has 0 bridgehead atoms. The van der Waals surface area contributed by atoms with E-state index >= 15 is 0 Å². The fourth-order valence-electron chi connectivity index (χ4n) is 2.48. The number of rotatable bonds is 2. The van der Waals surface area contributed by atoms with Crippen LogP contribution in [0.1, 0.15) is 17.2 Å². The van der Waals surface area contributed by atoms with Crippen LogP contribution in [0.5, 0.6) is 0 Å². The van der Waals surface area contributed by atoms with Gasteiger partial charge in [0.15, 0.2) is 5.96 Å². The average Bonchev–Trinajstić information content (AvgIpc) is 2.82. The molecule has 3 rings (SSSR count). The average molecular weight is 286 g/mol. The molecule has 0 saturated carbocycles. The van der Waals surface area contributed by atoms with Crippen molar-refractivity contribution in [1.29, 1.82) is 0 Å². The highest BCUT2D eigenvalue weighted by Crippen LogP contribution is 2.35. The Hall–Kier alpha value is -2.00. The van der Waals surface area contributed by atoms with Gasteiger partial charge in [-0.15, -0.1) is 0 Å². The minimum absolute atomic E-state index is 0.107. The third-order valence-electron chi connectivity index (χ3n) is 3.56. The normalized spacial score (nSPS) is 18.2. The van der Waals surface area contributed by atoms with E-state index < -0.39 is 0 Å². The molecule has 1 aliphatic rings. The van der Waals surface area contributed by atoms with Crippen molar-refractivity contribution in [1.82, 2.24) is 0 Å². The Morgan fingerprint density at radius 3 is 2.55 bits per heavy atom. The topological polar surface area (TPSA) is 41.6 Å². The van der Waals surface area contributed by atoms with E-state index in [9.17, 15) is 0 Å². The Morgan fingerprint density at radius 1 is 1.15 bits per heavy atom. The Morgan fingerprint density at radius 2 is 1.85 bits per heavy atom. The molecule has 0 aromatic heterocycles. The molecule has 3 nitrogen and oxygen atoms in total. The van der Waals surface area contributed by atoms with E-state index in [0.717, 1.165) is 5.69 Å². The van der Waals surface area contributed by atoms with Gasteiger partial charge in [-0.2, -0.15) is 0 Å². The van der Waals surface area contributed by atoms with Crippen molar-refractivity contribution in [3.05, 3.63) is 64.7 Å². The smallest absolute Gasteiger partial charge is 0.196 e. The molecule has 0 radical (unpaired) electrons. The summed E-state index contributed by atoms with van der Waals surface area (Å²) in [6, 6.07) is 16.3. The quantitative estimate of drug-likeness (QED) is 0.917. The molecule has 1 aliphatic heterocycles. The highest BCUT2D eigenvalue weighted by molar-refractivity contribution is 6.33. The van der Waals surface area contributed by atoms with Gasteiger partial charge in [-0.25, -0.2) is 0 Å². The van der Waals surface area contributed by atoms with Crippen LogP contribution in [0.25, 0.3) is 0 Å². The van der Waals surface area contributed by atoms with Crippen molar-refractivity contribution in [2.45, 2.75) is 13.0 Å². The molecule has 4 heteroatoms. The van der Waals surface area contributed by atoms with Crippen molar-refractivity contribution in [2.75, 3.05) is 11.4 Å². The number of hydrogen-bond acceptors (Lipinski definition) is 3. The van der Waals surface area contributed by atoms with E-state index in [2.05, 4.69) is 36.2 Å². The summed E-state index contributed by atoms with van der Waals surface area (Å²) in [6.45, 7) is 2.73. The lowest BCUT2D eigenvalue weighted by Crippen LogP contribution is -2.36. The predicted molar refractivity (Wildman–Crippen MR) is 84.3 cm³/mol. The van der Waals surface area contributed by atoms with E-state index in [1.165, 1.54) is 11.1 Å². The SMILES string of the molecule is Cc1ccc(C2CN=C(N)N2c2ccccc2Cl)cc1. The van der Waals surface area contributed by atoms with Gasteiger partial charge in [-0.05, 0) is 24.6 Å². The van der Waals surface area contributed by atoms with Crippen LogP contribution >= 0.6 is 11.6 Å². The third kappa shape index (κ3) is 2.25. The minimum atomic E-state index is 0.107. The Labute approximate surface area is 123 Å². The molecule has 2 aromatic carbocycles. The van der Waals surface area contributed by atoms with Crippen LogP contribution in [0.3, 0.4) is 0 Å². The van der Waals surface area contributed by atoms with Crippen LogP contribution in [0.2, 0.25) is 5.02 Å².